The first-order valence-corrected chi connectivity index (χ1v) is 7.56. The van der Waals surface area contributed by atoms with Gasteiger partial charge in [0.25, 0.3) is 0 Å². The Hall–Kier alpha value is -0.430. The van der Waals surface area contributed by atoms with E-state index in [9.17, 15) is 5.11 Å². The van der Waals surface area contributed by atoms with E-state index < -0.39 is 5.60 Å². The van der Waals surface area contributed by atoms with Crippen molar-refractivity contribution in [2.24, 2.45) is 5.92 Å². The molecule has 0 amide bonds. The molecule has 1 fully saturated rings. The van der Waals surface area contributed by atoms with E-state index in [1.54, 1.807) is 13.3 Å². The molecule has 1 aromatic rings. The van der Waals surface area contributed by atoms with Crippen molar-refractivity contribution in [1.29, 1.82) is 0 Å². The Labute approximate surface area is 122 Å². The summed E-state index contributed by atoms with van der Waals surface area (Å²) in [6, 6.07) is 0. The molecule has 0 bridgehead atoms. The molecule has 2 heterocycles. The smallest absolute Gasteiger partial charge is 0.113 e. The molecule has 0 aliphatic carbocycles. The number of ether oxygens (including phenoxy) is 1. The summed E-state index contributed by atoms with van der Waals surface area (Å²) >= 11 is 3.53. The molecule has 0 saturated carbocycles. The van der Waals surface area contributed by atoms with Crippen molar-refractivity contribution in [2.45, 2.75) is 31.9 Å². The molecule has 108 valence electrons. The molecule has 5 nitrogen and oxygen atoms in total. The predicted octanol–water partition coefficient (Wildman–Crippen LogP) is 1.50. The maximum Gasteiger partial charge on any atom is 0.113 e. The number of nitrogens with one attached hydrogen (secondary N) is 1. The largest absolute Gasteiger partial charge is 0.383 e. The average molecular weight is 332 g/mol. The highest BCUT2D eigenvalue weighted by molar-refractivity contribution is 9.10. The number of rotatable bonds is 5. The van der Waals surface area contributed by atoms with Crippen molar-refractivity contribution < 1.29 is 9.84 Å². The molecule has 1 aromatic heterocycles. The number of methoxy groups -OCH3 is 1. The van der Waals surface area contributed by atoms with Crippen molar-refractivity contribution in [2.75, 3.05) is 26.8 Å². The Bertz CT molecular complexity index is 424. The summed E-state index contributed by atoms with van der Waals surface area (Å²) in [6.07, 6.45) is 3.41. The van der Waals surface area contributed by atoms with E-state index in [4.69, 9.17) is 4.74 Å². The minimum Gasteiger partial charge on any atom is -0.383 e. The summed E-state index contributed by atoms with van der Waals surface area (Å²) in [6.45, 7) is 5.03. The first-order chi connectivity index (χ1) is 9.13. The molecule has 6 heteroatoms. The van der Waals surface area contributed by atoms with Crippen LogP contribution < -0.4 is 5.32 Å². The van der Waals surface area contributed by atoms with Gasteiger partial charge in [0.05, 0.1) is 29.5 Å². The summed E-state index contributed by atoms with van der Waals surface area (Å²) in [7, 11) is 1.67. The summed E-state index contributed by atoms with van der Waals surface area (Å²) in [5.41, 5.74) is 0.0706. The Morgan fingerprint density at radius 2 is 2.47 bits per heavy atom. The van der Waals surface area contributed by atoms with Gasteiger partial charge in [-0.25, -0.2) is 0 Å². The second kappa shape index (κ2) is 6.35. The fourth-order valence-electron chi connectivity index (χ4n) is 2.86. The van der Waals surface area contributed by atoms with Crippen LogP contribution in [0, 0.1) is 5.92 Å². The van der Waals surface area contributed by atoms with Gasteiger partial charge in [-0.1, -0.05) is 6.92 Å². The topological polar surface area (TPSA) is 59.3 Å². The Kier molecular flexibility index (Phi) is 5.00. The number of aliphatic hydroxyl groups is 1. The van der Waals surface area contributed by atoms with Crippen molar-refractivity contribution in [3.05, 3.63) is 16.4 Å². The molecule has 0 spiro atoms. The molecule has 2 rings (SSSR count). The van der Waals surface area contributed by atoms with Gasteiger partial charge < -0.3 is 15.2 Å². The summed E-state index contributed by atoms with van der Waals surface area (Å²) in [5, 5.41) is 18.9. The molecular formula is C13H22BrN3O2. The fraction of sp³-hybridized carbons (Fsp3) is 0.769. The van der Waals surface area contributed by atoms with E-state index >= 15 is 0 Å². The molecule has 19 heavy (non-hydrogen) atoms. The number of halogens is 1. The Morgan fingerprint density at radius 1 is 1.68 bits per heavy atom. The molecule has 0 aromatic carbocycles. The molecular weight excluding hydrogens is 310 g/mol. The molecule has 1 saturated heterocycles. The van der Waals surface area contributed by atoms with Crippen LogP contribution in [0.3, 0.4) is 0 Å². The lowest BCUT2D eigenvalue weighted by atomic mass is 9.77. The molecule has 1 aliphatic rings. The highest BCUT2D eigenvalue weighted by Gasteiger charge is 2.43. The van der Waals surface area contributed by atoms with Crippen LogP contribution in [0.5, 0.6) is 0 Å². The van der Waals surface area contributed by atoms with Crippen LogP contribution in [0.2, 0.25) is 0 Å². The third-order valence-electron chi connectivity index (χ3n) is 3.95. The van der Waals surface area contributed by atoms with Gasteiger partial charge in [-0.05, 0) is 35.3 Å². The van der Waals surface area contributed by atoms with Gasteiger partial charge in [-0.2, -0.15) is 5.10 Å². The number of nitrogens with zero attached hydrogens (tertiary/aromatic N) is 2. The first-order valence-electron chi connectivity index (χ1n) is 6.77. The Morgan fingerprint density at radius 3 is 3.16 bits per heavy atom. The molecule has 2 atom stereocenters. The molecule has 1 aliphatic heterocycles. The zero-order valence-electron chi connectivity index (χ0n) is 11.5. The standard InChI is InChI=1S/C13H22BrN3O2/c1-3-10-8-15-5-4-13(10,18)12-11(14)9-16-17(12)6-7-19-2/h9-10,15,18H,3-8H2,1-2H3. The van der Waals surface area contributed by atoms with Crippen LogP contribution in [-0.4, -0.2) is 41.7 Å². The lowest BCUT2D eigenvalue weighted by molar-refractivity contribution is -0.0560. The maximum atomic E-state index is 11.2. The third-order valence-corrected chi connectivity index (χ3v) is 4.53. The number of hydrogen-bond acceptors (Lipinski definition) is 4. The molecule has 2 unspecified atom stereocenters. The minimum atomic E-state index is -0.816. The van der Waals surface area contributed by atoms with Crippen LogP contribution >= 0.6 is 15.9 Å². The van der Waals surface area contributed by atoms with Gasteiger partial charge in [-0.15, -0.1) is 0 Å². The van der Waals surface area contributed by atoms with Crippen LogP contribution in [-0.2, 0) is 16.9 Å². The van der Waals surface area contributed by atoms with Crippen molar-refractivity contribution >= 4 is 15.9 Å². The SMILES string of the molecule is CCC1CNCCC1(O)c1c(Br)cnn1CCOC. The number of piperidine rings is 1. The molecule has 2 N–H and O–H groups in total. The van der Waals surface area contributed by atoms with Gasteiger partial charge in [0.15, 0.2) is 0 Å². The van der Waals surface area contributed by atoms with Crippen molar-refractivity contribution in [3.63, 3.8) is 0 Å². The highest BCUT2D eigenvalue weighted by atomic mass is 79.9. The van der Waals surface area contributed by atoms with Gasteiger partial charge >= 0.3 is 0 Å². The number of aromatic nitrogens is 2. The second-order valence-electron chi connectivity index (χ2n) is 5.04. The van der Waals surface area contributed by atoms with Crippen LogP contribution in [0.1, 0.15) is 25.5 Å². The summed E-state index contributed by atoms with van der Waals surface area (Å²) in [5.74, 6) is 0.204. The van der Waals surface area contributed by atoms with E-state index in [0.717, 1.165) is 29.7 Å². The normalized spacial score (nSPS) is 27.7. The van der Waals surface area contributed by atoms with E-state index in [2.05, 4.69) is 33.3 Å². The predicted molar refractivity (Wildman–Crippen MR) is 77.0 cm³/mol. The quantitative estimate of drug-likeness (QED) is 0.858. The third kappa shape index (κ3) is 2.86. The Balaban J connectivity index is 2.34. The summed E-state index contributed by atoms with van der Waals surface area (Å²) < 4.78 is 7.86. The first kappa shape index (κ1) is 15.0. The fourth-order valence-corrected chi connectivity index (χ4v) is 3.50. The second-order valence-corrected chi connectivity index (χ2v) is 5.89. The zero-order valence-corrected chi connectivity index (χ0v) is 13.1. The van der Waals surface area contributed by atoms with E-state index in [-0.39, 0.29) is 5.92 Å². The van der Waals surface area contributed by atoms with Gasteiger partial charge in [0, 0.05) is 19.6 Å². The number of hydrogen-bond donors (Lipinski definition) is 2. The van der Waals surface area contributed by atoms with Gasteiger partial charge in [0.2, 0.25) is 0 Å². The average Bonchev–Trinajstić information content (AvgIpc) is 2.78. The highest BCUT2D eigenvalue weighted by Crippen LogP contribution is 2.40. The van der Waals surface area contributed by atoms with Crippen molar-refractivity contribution in [1.82, 2.24) is 15.1 Å². The zero-order chi connectivity index (χ0) is 13.9. The van der Waals surface area contributed by atoms with Crippen molar-refractivity contribution in [3.8, 4) is 0 Å². The molecule has 0 radical (unpaired) electrons. The van der Waals surface area contributed by atoms with E-state index in [1.165, 1.54) is 0 Å². The van der Waals surface area contributed by atoms with Crippen LogP contribution in [0.25, 0.3) is 0 Å². The van der Waals surface area contributed by atoms with Crippen LogP contribution in [0.4, 0.5) is 0 Å². The van der Waals surface area contributed by atoms with Crippen LogP contribution in [0.15, 0.2) is 10.7 Å². The lowest BCUT2D eigenvalue weighted by Gasteiger charge is -2.40. The lowest BCUT2D eigenvalue weighted by Crippen LogP contribution is -2.49. The van der Waals surface area contributed by atoms with Gasteiger partial charge in [-0.3, -0.25) is 4.68 Å². The van der Waals surface area contributed by atoms with Gasteiger partial charge in [0.1, 0.15) is 5.60 Å². The van der Waals surface area contributed by atoms with E-state index in [0.29, 0.717) is 19.6 Å². The summed E-state index contributed by atoms with van der Waals surface area (Å²) in [4.78, 5) is 0. The van der Waals surface area contributed by atoms with E-state index in [1.807, 2.05) is 4.68 Å². The monoisotopic (exact) mass is 331 g/mol. The maximum absolute atomic E-state index is 11.2. The minimum absolute atomic E-state index is 0.204.